The van der Waals surface area contributed by atoms with Crippen molar-refractivity contribution in [2.75, 3.05) is 13.1 Å². The maximum Gasteiger partial charge on any atom is 0.416 e. The summed E-state index contributed by atoms with van der Waals surface area (Å²) in [5, 5.41) is 9.09. The molecule has 4 nitrogen and oxygen atoms in total. The molecule has 0 radical (unpaired) electrons. The summed E-state index contributed by atoms with van der Waals surface area (Å²) in [7, 11) is 0. The van der Waals surface area contributed by atoms with Gasteiger partial charge in [-0.2, -0.15) is 26.3 Å². The summed E-state index contributed by atoms with van der Waals surface area (Å²) in [5.74, 6) is -0.977. The van der Waals surface area contributed by atoms with Gasteiger partial charge >= 0.3 is 18.3 Å². The molecule has 0 aromatic heterocycles. The van der Waals surface area contributed by atoms with E-state index in [1.807, 2.05) is 0 Å². The van der Waals surface area contributed by atoms with Gasteiger partial charge in [0.2, 0.25) is 0 Å². The molecule has 0 saturated carbocycles. The van der Waals surface area contributed by atoms with Crippen molar-refractivity contribution < 1.29 is 41.0 Å². The van der Waals surface area contributed by atoms with Gasteiger partial charge in [0, 0.05) is 13.1 Å². The summed E-state index contributed by atoms with van der Waals surface area (Å²) < 4.78 is 85.5. The number of alkyl halides is 6. The minimum Gasteiger partial charge on any atom is -0.489 e. The number of benzene rings is 2. The predicted octanol–water partition coefficient (Wildman–Crippen LogP) is 6.03. The lowest BCUT2D eigenvalue weighted by atomic mass is 10.0. The third-order valence-electron chi connectivity index (χ3n) is 5.76. The summed E-state index contributed by atoms with van der Waals surface area (Å²) in [6.45, 7) is 2.00. The highest BCUT2D eigenvalue weighted by Gasteiger charge is 2.37. The SMILES string of the molecule is CC(Cc1cccc(OC2CCCN(Cc3cc(C(F)(F)F)ccc3C(F)(F)F)C2)c1)C(=O)O. The molecule has 3 rings (SSSR count). The Kier molecular flexibility index (Phi) is 7.80. The number of rotatable bonds is 7. The van der Waals surface area contributed by atoms with Crippen LogP contribution in [0.5, 0.6) is 5.75 Å². The van der Waals surface area contributed by atoms with Crippen LogP contribution in [0.1, 0.15) is 42.0 Å². The number of hydrogen-bond donors (Lipinski definition) is 1. The number of carbonyl (C=O) groups is 1. The third-order valence-corrected chi connectivity index (χ3v) is 5.76. The summed E-state index contributed by atoms with van der Waals surface area (Å²) in [6, 6.07) is 8.46. The van der Waals surface area contributed by atoms with Crippen molar-refractivity contribution in [3.63, 3.8) is 0 Å². The second kappa shape index (κ2) is 10.2. The molecule has 1 aliphatic rings. The lowest BCUT2D eigenvalue weighted by molar-refractivity contribution is -0.142. The molecule has 2 unspecified atom stereocenters. The van der Waals surface area contributed by atoms with Gasteiger partial charge in [0.1, 0.15) is 11.9 Å². The first kappa shape index (κ1) is 25.9. The molecular weight excluding hydrogens is 464 g/mol. The Morgan fingerprint density at radius 2 is 1.85 bits per heavy atom. The fourth-order valence-electron chi connectivity index (χ4n) is 4.05. The summed E-state index contributed by atoms with van der Waals surface area (Å²) >= 11 is 0. The van der Waals surface area contributed by atoms with Crippen molar-refractivity contribution in [3.05, 3.63) is 64.7 Å². The molecule has 186 valence electrons. The normalized spacial score (nSPS) is 18.5. The third kappa shape index (κ3) is 6.88. The van der Waals surface area contributed by atoms with Gasteiger partial charge in [-0.25, -0.2) is 0 Å². The molecule has 1 aliphatic heterocycles. The van der Waals surface area contributed by atoms with Crippen LogP contribution in [0.2, 0.25) is 0 Å². The minimum absolute atomic E-state index is 0.253. The van der Waals surface area contributed by atoms with E-state index in [1.54, 1.807) is 36.1 Å². The molecule has 1 N–H and O–H groups in total. The van der Waals surface area contributed by atoms with Crippen LogP contribution in [0, 0.1) is 5.92 Å². The van der Waals surface area contributed by atoms with E-state index in [4.69, 9.17) is 9.84 Å². The Morgan fingerprint density at radius 1 is 1.12 bits per heavy atom. The molecule has 1 fully saturated rings. The number of likely N-dealkylation sites (tertiary alicyclic amines) is 1. The van der Waals surface area contributed by atoms with E-state index >= 15 is 0 Å². The fraction of sp³-hybridized carbons (Fsp3) is 0.458. The topological polar surface area (TPSA) is 49.8 Å². The van der Waals surface area contributed by atoms with E-state index < -0.39 is 40.9 Å². The van der Waals surface area contributed by atoms with Crippen LogP contribution >= 0.6 is 0 Å². The Labute approximate surface area is 193 Å². The van der Waals surface area contributed by atoms with E-state index in [-0.39, 0.29) is 19.2 Å². The van der Waals surface area contributed by atoms with Gasteiger partial charge in [-0.05, 0) is 67.3 Å². The Morgan fingerprint density at radius 3 is 2.50 bits per heavy atom. The van der Waals surface area contributed by atoms with Crippen LogP contribution in [-0.4, -0.2) is 35.2 Å². The molecule has 2 aromatic rings. The standard InChI is InChI=1S/C24H25F6NO3/c1-15(22(32)33)10-16-4-2-5-19(11-16)34-20-6-3-9-31(14-20)13-17-12-18(23(25,26)27)7-8-21(17)24(28,29)30/h2,4-5,7-8,11-12,15,20H,3,6,9-10,13-14H2,1H3,(H,32,33). The molecule has 0 aliphatic carbocycles. The number of ether oxygens (including phenoxy) is 1. The van der Waals surface area contributed by atoms with Crippen molar-refractivity contribution in [1.29, 1.82) is 0 Å². The molecular formula is C24H25F6NO3. The number of carboxylic acids is 1. The monoisotopic (exact) mass is 489 g/mol. The first-order valence-electron chi connectivity index (χ1n) is 10.8. The lowest BCUT2D eigenvalue weighted by Gasteiger charge is -2.33. The minimum atomic E-state index is -4.77. The number of nitrogens with zero attached hydrogens (tertiary/aromatic N) is 1. The zero-order valence-corrected chi connectivity index (χ0v) is 18.4. The van der Waals surface area contributed by atoms with Gasteiger partial charge in [-0.1, -0.05) is 19.1 Å². The average molecular weight is 489 g/mol. The van der Waals surface area contributed by atoms with Crippen LogP contribution in [-0.2, 0) is 30.1 Å². The number of piperidine rings is 1. The highest BCUT2D eigenvalue weighted by Crippen LogP contribution is 2.37. The van der Waals surface area contributed by atoms with E-state index in [9.17, 15) is 31.1 Å². The molecule has 0 spiro atoms. The van der Waals surface area contributed by atoms with Gasteiger partial charge in [0.15, 0.2) is 0 Å². The maximum absolute atomic E-state index is 13.4. The van der Waals surface area contributed by atoms with Crippen LogP contribution in [0.4, 0.5) is 26.3 Å². The Hall–Kier alpha value is -2.75. The molecule has 0 bridgehead atoms. The first-order chi connectivity index (χ1) is 15.8. The van der Waals surface area contributed by atoms with Crippen molar-refractivity contribution in [2.24, 2.45) is 5.92 Å². The van der Waals surface area contributed by atoms with E-state index in [0.717, 1.165) is 5.56 Å². The van der Waals surface area contributed by atoms with Crippen LogP contribution in [0.25, 0.3) is 0 Å². The number of carboxylic acid groups (broad SMARTS) is 1. The molecule has 1 saturated heterocycles. The second-order valence-corrected chi connectivity index (χ2v) is 8.58. The van der Waals surface area contributed by atoms with Crippen LogP contribution in [0.3, 0.4) is 0 Å². The first-order valence-corrected chi connectivity index (χ1v) is 10.8. The van der Waals surface area contributed by atoms with E-state index in [2.05, 4.69) is 0 Å². The molecule has 1 heterocycles. The average Bonchev–Trinajstić information content (AvgIpc) is 2.72. The van der Waals surface area contributed by atoms with Gasteiger partial charge in [-0.3, -0.25) is 9.69 Å². The molecule has 10 heteroatoms. The summed E-state index contributed by atoms with van der Waals surface area (Å²) in [5.41, 5.74) is -1.84. The quantitative estimate of drug-likeness (QED) is 0.483. The summed E-state index contributed by atoms with van der Waals surface area (Å²) in [6.07, 6.45) is -8.30. The molecule has 2 aromatic carbocycles. The van der Waals surface area contributed by atoms with Gasteiger partial charge in [-0.15, -0.1) is 0 Å². The van der Waals surface area contributed by atoms with Crippen molar-refractivity contribution in [1.82, 2.24) is 4.90 Å². The second-order valence-electron chi connectivity index (χ2n) is 8.58. The van der Waals surface area contributed by atoms with Crippen LogP contribution < -0.4 is 4.74 Å². The van der Waals surface area contributed by atoms with Gasteiger partial charge in [0.25, 0.3) is 0 Å². The van der Waals surface area contributed by atoms with E-state index in [0.29, 0.717) is 49.8 Å². The number of aliphatic carboxylic acids is 1. The number of halogens is 6. The van der Waals surface area contributed by atoms with Crippen molar-refractivity contribution in [2.45, 2.75) is 51.2 Å². The van der Waals surface area contributed by atoms with Crippen molar-refractivity contribution in [3.8, 4) is 5.75 Å². The van der Waals surface area contributed by atoms with E-state index in [1.165, 1.54) is 0 Å². The maximum atomic E-state index is 13.4. The highest BCUT2D eigenvalue weighted by molar-refractivity contribution is 5.69. The zero-order valence-electron chi connectivity index (χ0n) is 18.4. The molecule has 34 heavy (non-hydrogen) atoms. The fourth-order valence-corrected chi connectivity index (χ4v) is 4.05. The van der Waals surface area contributed by atoms with Gasteiger partial charge in [0.05, 0.1) is 17.0 Å². The van der Waals surface area contributed by atoms with Crippen LogP contribution in [0.15, 0.2) is 42.5 Å². The molecule has 2 atom stereocenters. The molecule has 0 amide bonds. The highest BCUT2D eigenvalue weighted by atomic mass is 19.4. The summed E-state index contributed by atoms with van der Waals surface area (Å²) in [4.78, 5) is 12.7. The largest absolute Gasteiger partial charge is 0.489 e. The zero-order chi connectivity index (χ0) is 25.1. The van der Waals surface area contributed by atoms with Crippen molar-refractivity contribution >= 4 is 5.97 Å². The van der Waals surface area contributed by atoms with Gasteiger partial charge < -0.3 is 9.84 Å². The Balaban J connectivity index is 1.72. The Bertz CT molecular complexity index is 1000. The smallest absolute Gasteiger partial charge is 0.416 e. The predicted molar refractivity (Wildman–Crippen MR) is 112 cm³/mol. The lowest BCUT2D eigenvalue weighted by Crippen LogP contribution is -2.41. The number of hydrogen-bond acceptors (Lipinski definition) is 3.